The van der Waals surface area contributed by atoms with Gasteiger partial charge in [-0.15, -0.1) is 0 Å². The summed E-state index contributed by atoms with van der Waals surface area (Å²) in [6.07, 6.45) is 3.48. The SMILES string of the molecule is Cc1nccn1C(C)C(=O)N1C[C@@H]2C(C(=O)O)[C@@H]2C1. The van der Waals surface area contributed by atoms with Crippen molar-refractivity contribution in [2.75, 3.05) is 13.1 Å². The van der Waals surface area contributed by atoms with Crippen molar-refractivity contribution < 1.29 is 14.7 Å². The molecule has 102 valence electrons. The molecule has 1 aromatic heterocycles. The lowest BCUT2D eigenvalue weighted by molar-refractivity contribution is -0.141. The van der Waals surface area contributed by atoms with Gasteiger partial charge in [-0.25, -0.2) is 4.98 Å². The van der Waals surface area contributed by atoms with Gasteiger partial charge in [0, 0.05) is 25.5 Å². The number of carboxylic acid groups (broad SMARTS) is 1. The quantitative estimate of drug-likeness (QED) is 0.863. The number of fused-ring (bicyclic) bond motifs is 1. The van der Waals surface area contributed by atoms with E-state index in [0.717, 1.165) is 5.82 Å². The molecular weight excluding hydrogens is 246 g/mol. The van der Waals surface area contributed by atoms with Crippen LogP contribution in [0.1, 0.15) is 18.8 Å². The smallest absolute Gasteiger partial charge is 0.307 e. The van der Waals surface area contributed by atoms with E-state index in [1.165, 1.54) is 0 Å². The number of piperidine rings is 1. The summed E-state index contributed by atoms with van der Waals surface area (Å²) >= 11 is 0. The van der Waals surface area contributed by atoms with Crippen LogP contribution in [0.2, 0.25) is 0 Å². The van der Waals surface area contributed by atoms with Crippen LogP contribution in [0.25, 0.3) is 0 Å². The number of nitrogens with zero attached hydrogens (tertiary/aromatic N) is 3. The number of carboxylic acids is 1. The van der Waals surface area contributed by atoms with Gasteiger partial charge < -0.3 is 14.6 Å². The predicted octanol–water partition coefficient (Wildman–Crippen LogP) is 0.542. The van der Waals surface area contributed by atoms with Gasteiger partial charge in [0.15, 0.2) is 0 Å². The van der Waals surface area contributed by atoms with Crippen LogP contribution in [-0.2, 0) is 9.59 Å². The van der Waals surface area contributed by atoms with Crippen molar-refractivity contribution in [2.24, 2.45) is 17.8 Å². The van der Waals surface area contributed by atoms with Gasteiger partial charge in [0.2, 0.25) is 5.91 Å². The number of carbonyl (C=O) groups is 2. The Kier molecular flexibility index (Phi) is 2.62. The summed E-state index contributed by atoms with van der Waals surface area (Å²) in [6, 6.07) is -0.275. The Labute approximate surface area is 111 Å². The molecule has 1 aromatic rings. The largest absolute Gasteiger partial charge is 0.481 e. The first-order valence-corrected chi connectivity index (χ1v) is 6.51. The van der Waals surface area contributed by atoms with Crippen LogP contribution in [0.5, 0.6) is 0 Å². The second-order valence-corrected chi connectivity index (χ2v) is 5.49. The summed E-state index contributed by atoms with van der Waals surface area (Å²) < 4.78 is 1.85. The number of amides is 1. The monoisotopic (exact) mass is 263 g/mol. The zero-order valence-electron chi connectivity index (χ0n) is 11.0. The zero-order valence-corrected chi connectivity index (χ0v) is 11.0. The van der Waals surface area contributed by atoms with Crippen molar-refractivity contribution in [3.63, 3.8) is 0 Å². The summed E-state index contributed by atoms with van der Waals surface area (Å²) in [7, 11) is 0. The first-order chi connectivity index (χ1) is 9.00. The van der Waals surface area contributed by atoms with E-state index in [2.05, 4.69) is 4.98 Å². The summed E-state index contributed by atoms with van der Waals surface area (Å²) in [5.74, 6) is 0.246. The zero-order chi connectivity index (χ0) is 13.7. The Morgan fingerprint density at radius 3 is 2.53 bits per heavy atom. The van der Waals surface area contributed by atoms with Crippen molar-refractivity contribution in [1.29, 1.82) is 0 Å². The number of aryl methyl sites for hydroxylation is 1. The molecule has 0 aromatic carbocycles. The molecule has 19 heavy (non-hydrogen) atoms. The highest BCUT2D eigenvalue weighted by molar-refractivity contribution is 5.82. The van der Waals surface area contributed by atoms with Gasteiger partial charge in [-0.2, -0.15) is 0 Å². The number of rotatable bonds is 3. The first kappa shape index (κ1) is 12.2. The Bertz CT molecular complexity index is 527. The standard InChI is InChI=1S/C13H17N3O3/c1-7(16-4-3-14-8(16)2)12(17)15-5-9-10(6-15)11(9)13(18)19/h3-4,7,9-11H,5-6H2,1-2H3,(H,18,19)/t7?,9-,10+,11?. The molecule has 2 aliphatic rings. The minimum atomic E-state index is -0.722. The van der Waals surface area contributed by atoms with Crippen LogP contribution in [0, 0.1) is 24.7 Å². The topological polar surface area (TPSA) is 75.4 Å². The van der Waals surface area contributed by atoms with Crippen molar-refractivity contribution in [1.82, 2.24) is 14.5 Å². The van der Waals surface area contributed by atoms with Crippen molar-refractivity contribution >= 4 is 11.9 Å². The lowest BCUT2D eigenvalue weighted by Crippen LogP contribution is -2.37. The molecule has 0 radical (unpaired) electrons. The van der Waals surface area contributed by atoms with Gasteiger partial charge in [0.1, 0.15) is 11.9 Å². The molecule has 2 fully saturated rings. The average molecular weight is 263 g/mol. The van der Waals surface area contributed by atoms with Gasteiger partial charge in [0.25, 0.3) is 0 Å². The predicted molar refractivity (Wildman–Crippen MR) is 66.4 cm³/mol. The number of hydrogen-bond donors (Lipinski definition) is 1. The van der Waals surface area contributed by atoms with Crippen LogP contribution in [0.15, 0.2) is 12.4 Å². The third-order valence-corrected chi connectivity index (χ3v) is 4.43. The van der Waals surface area contributed by atoms with Crippen LogP contribution in [0.4, 0.5) is 0 Å². The molecule has 6 heteroatoms. The third-order valence-electron chi connectivity index (χ3n) is 4.43. The molecule has 1 aliphatic heterocycles. The van der Waals surface area contributed by atoms with Crippen LogP contribution >= 0.6 is 0 Å². The van der Waals surface area contributed by atoms with Gasteiger partial charge in [-0.1, -0.05) is 0 Å². The van der Waals surface area contributed by atoms with E-state index in [0.29, 0.717) is 13.1 Å². The normalized spacial score (nSPS) is 30.0. The molecule has 1 saturated carbocycles. The first-order valence-electron chi connectivity index (χ1n) is 6.51. The van der Waals surface area contributed by atoms with Crippen molar-refractivity contribution in [3.05, 3.63) is 18.2 Å². The molecule has 3 rings (SSSR count). The summed E-state index contributed by atoms with van der Waals surface area (Å²) in [5, 5.41) is 8.96. The molecule has 0 spiro atoms. The molecule has 4 atom stereocenters. The van der Waals surface area contributed by atoms with Crippen LogP contribution < -0.4 is 0 Å². The lowest BCUT2D eigenvalue weighted by atomic mass is 10.2. The number of imidazole rings is 1. The number of hydrogen-bond acceptors (Lipinski definition) is 3. The van der Waals surface area contributed by atoms with Crippen molar-refractivity contribution in [2.45, 2.75) is 19.9 Å². The fourth-order valence-corrected chi connectivity index (χ4v) is 3.25. The van der Waals surface area contributed by atoms with E-state index in [4.69, 9.17) is 5.11 Å². The maximum atomic E-state index is 12.4. The number of carbonyl (C=O) groups excluding carboxylic acids is 1. The molecule has 1 N–H and O–H groups in total. The van der Waals surface area contributed by atoms with Gasteiger partial charge in [0.05, 0.1) is 5.92 Å². The summed E-state index contributed by atoms with van der Waals surface area (Å²) in [6.45, 7) is 4.89. The highest BCUT2D eigenvalue weighted by atomic mass is 16.4. The number of aliphatic carboxylic acids is 1. The molecular formula is C13H17N3O3. The molecule has 1 aliphatic carbocycles. The van der Waals surface area contributed by atoms with Crippen LogP contribution in [0.3, 0.4) is 0 Å². The van der Waals surface area contributed by atoms with E-state index >= 15 is 0 Å². The van der Waals surface area contributed by atoms with E-state index in [1.54, 1.807) is 17.3 Å². The average Bonchev–Trinajstić information content (AvgIpc) is 2.75. The summed E-state index contributed by atoms with van der Waals surface area (Å²) in [4.78, 5) is 29.2. The fourth-order valence-electron chi connectivity index (χ4n) is 3.25. The number of likely N-dealkylation sites (tertiary alicyclic amines) is 1. The summed E-state index contributed by atoms with van der Waals surface area (Å²) in [5.41, 5.74) is 0. The maximum absolute atomic E-state index is 12.4. The minimum absolute atomic E-state index is 0.0532. The van der Waals surface area contributed by atoms with Crippen LogP contribution in [-0.4, -0.2) is 44.5 Å². The highest BCUT2D eigenvalue weighted by Gasteiger charge is 2.60. The number of aromatic nitrogens is 2. The van der Waals surface area contributed by atoms with Gasteiger partial charge in [-0.3, -0.25) is 9.59 Å². The van der Waals surface area contributed by atoms with E-state index in [9.17, 15) is 9.59 Å². The van der Waals surface area contributed by atoms with E-state index < -0.39 is 5.97 Å². The van der Waals surface area contributed by atoms with E-state index in [1.807, 2.05) is 18.4 Å². The van der Waals surface area contributed by atoms with E-state index in [-0.39, 0.29) is 29.7 Å². The Morgan fingerprint density at radius 1 is 1.42 bits per heavy atom. The highest BCUT2D eigenvalue weighted by Crippen LogP contribution is 2.52. The fraction of sp³-hybridized carbons (Fsp3) is 0.615. The molecule has 0 bridgehead atoms. The van der Waals surface area contributed by atoms with Gasteiger partial charge >= 0.3 is 5.97 Å². The third kappa shape index (κ3) is 1.82. The second-order valence-electron chi connectivity index (χ2n) is 5.49. The Balaban J connectivity index is 1.65. The second kappa shape index (κ2) is 4.08. The van der Waals surface area contributed by atoms with Gasteiger partial charge in [-0.05, 0) is 25.7 Å². The molecule has 1 saturated heterocycles. The Hall–Kier alpha value is -1.85. The molecule has 6 nitrogen and oxygen atoms in total. The molecule has 1 amide bonds. The molecule has 2 heterocycles. The van der Waals surface area contributed by atoms with Crippen molar-refractivity contribution in [3.8, 4) is 0 Å². The maximum Gasteiger partial charge on any atom is 0.307 e. The molecule has 2 unspecified atom stereocenters. The Morgan fingerprint density at radius 2 is 2.05 bits per heavy atom. The minimum Gasteiger partial charge on any atom is -0.481 e. The lowest BCUT2D eigenvalue weighted by Gasteiger charge is -2.24.